The van der Waals surface area contributed by atoms with Crippen LogP contribution in [0.25, 0.3) is 0 Å². The van der Waals surface area contributed by atoms with Crippen molar-refractivity contribution >= 4 is 0 Å². The molecule has 3 nitrogen and oxygen atoms in total. The second-order valence-corrected chi connectivity index (χ2v) is 3.53. The predicted molar refractivity (Wildman–Crippen MR) is 52.8 cm³/mol. The van der Waals surface area contributed by atoms with Crippen LogP contribution in [0.4, 0.5) is 0 Å². The summed E-state index contributed by atoms with van der Waals surface area (Å²) < 4.78 is 10.8. The van der Waals surface area contributed by atoms with Crippen molar-refractivity contribution in [3.05, 3.63) is 12.2 Å². The maximum atomic E-state index is 5.51. The van der Waals surface area contributed by atoms with E-state index in [0.717, 1.165) is 38.4 Å². The number of hydrogen-bond donors (Lipinski definition) is 1. The molecule has 1 N–H and O–H groups in total. The van der Waals surface area contributed by atoms with Gasteiger partial charge < -0.3 is 14.8 Å². The molecule has 0 saturated carbocycles. The van der Waals surface area contributed by atoms with Crippen LogP contribution in [0.5, 0.6) is 0 Å². The van der Waals surface area contributed by atoms with Gasteiger partial charge in [0.05, 0.1) is 19.8 Å². The fourth-order valence-corrected chi connectivity index (χ4v) is 1.39. The van der Waals surface area contributed by atoms with Crippen LogP contribution < -0.4 is 5.32 Å². The van der Waals surface area contributed by atoms with E-state index >= 15 is 0 Å². The second kappa shape index (κ2) is 6.13. The maximum Gasteiger partial charge on any atom is 0.0686 e. The number of likely N-dealkylation sites (N-methyl/N-ethyl adjacent to an activating group) is 1. The standard InChI is InChI=1S/C10H19NO2/c1-9(5-11-2)6-13-8-10-3-4-12-7-10/h10-11H,1,3-8H2,2H3. The normalized spacial score (nSPS) is 22.1. The molecule has 3 heteroatoms. The van der Waals surface area contributed by atoms with Crippen molar-refractivity contribution in [2.45, 2.75) is 6.42 Å². The van der Waals surface area contributed by atoms with Crippen LogP contribution in [0.2, 0.25) is 0 Å². The van der Waals surface area contributed by atoms with E-state index in [1.165, 1.54) is 0 Å². The first-order chi connectivity index (χ1) is 6.33. The Kier molecular flexibility index (Phi) is 5.05. The predicted octanol–water partition coefficient (Wildman–Crippen LogP) is 0.815. The van der Waals surface area contributed by atoms with E-state index in [-0.39, 0.29) is 0 Å². The highest BCUT2D eigenvalue weighted by Gasteiger charge is 2.15. The van der Waals surface area contributed by atoms with Gasteiger partial charge >= 0.3 is 0 Å². The molecular weight excluding hydrogens is 166 g/mol. The molecule has 1 aliphatic heterocycles. The van der Waals surface area contributed by atoms with E-state index < -0.39 is 0 Å². The number of nitrogens with one attached hydrogen (secondary N) is 1. The number of rotatable bonds is 6. The van der Waals surface area contributed by atoms with Gasteiger partial charge in [-0.2, -0.15) is 0 Å². The van der Waals surface area contributed by atoms with E-state index in [9.17, 15) is 0 Å². The van der Waals surface area contributed by atoms with Crippen molar-refractivity contribution < 1.29 is 9.47 Å². The lowest BCUT2D eigenvalue weighted by molar-refractivity contribution is 0.104. The minimum Gasteiger partial charge on any atom is -0.381 e. The Hall–Kier alpha value is -0.380. The van der Waals surface area contributed by atoms with E-state index in [1.54, 1.807) is 0 Å². The topological polar surface area (TPSA) is 30.5 Å². The molecule has 1 rings (SSSR count). The minimum atomic E-state index is 0.599. The highest BCUT2D eigenvalue weighted by molar-refractivity contribution is 4.96. The van der Waals surface area contributed by atoms with Crippen LogP contribution in [0.3, 0.4) is 0 Å². The monoisotopic (exact) mass is 185 g/mol. The molecule has 1 heterocycles. The lowest BCUT2D eigenvalue weighted by Crippen LogP contribution is -2.16. The zero-order valence-corrected chi connectivity index (χ0v) is 8.34. The maximum absolute atomic E-state index is 5.51. The summed E-state index contributed by atoms with van der Waals surface area (Å²) in [7, 11) is 1.91. The average Bonchev–Trinajstić information content (AvgIpc) is 2.57. The highest BCUT2D eigenvalue weighted by atomic mass is 16.5. The van der Waals surface area contributed by atoms with Crippen LogP contribution in [0.1, 0.15) is 6.42 Å². The van der Waals surface area contributed by atoms with E-state index in [1.807, 2.05) is 7.05 Å². The molecule has 1 unspecified atom stereocenters. The molecule has 0 radical (unpaired) electrons. The zero-order chi connectivity index (χ0) is 9.52. The van der Waals surface area contributed by atoms with E-state index in [4.69, 9.17) is 9.47 Å². The van der Waals surface area contributed by atoms with Crippen LogP contribution in [-0.2, 0) is 9.47 Å². The van der Waals surface area contributed by atoms with Crippen molar-refractivity contribution in [1.29, 1.82) is 0 Å². The third-order valence-electron chi connectivity index (χ3n) is 2.11. The summed E-state index contributed by atoms with van der Waals surface area (Å²) in [4.78, 5) is 0. The van der Waals surface area contributed by atoms with E-state index in [2.05, 4.69) is 11.9 Å². The molecule has 0 spiro atoms. The van der Waals surface area contributed by atoms with Crippen molar-refractivity contribution in [2.75, 3.05) is 40.0 Å². The summed E-state index contributed by atoms with van der Waals surface area (Å²) >= 11 is 0. The van der Waals surface area contributed by atoms with Crippen LogP contribution in [0.15, 0.2) is 12.2 Å². The summed E-state index contributed by atoms with van der Waals surface area (Å²) in [5.74, 6) is 0.599. The molecule has 0 aromatic carbocycles. The van der Waals surface area contributed by atoms with Crippen molar-refractivity contribution in [3.8, 4) is 0 Å². The Morgan fingerprint density at radius 2 is 2.54 bits per heavy atom. The SMILES string of the molecule is C=C(CNC)COCC1CCOC1. The summed E-state index contributed by atoms with van der Waals surface area (Å²) in [6.45, 7) is 7.95. The molecule has 1 fully saturated rings. The van der Waals surface area contributed by atoms with E-state index in [0.29, 0.717) is 12.5 Å². The average molecular weight is 185 g/mol. The summed E-state index contributed by atoms with van der Waals surface area (Å²) in [6.07, 6.45) is 1.14. The summed E-state index contributed by atoms with van der Waals surface area (Å²) in [5.41, 5.74) is 1.10. The first-order valence-corrected chi connectivity index (χ1v) is 4.79. The molecule has 0 aromatic rings. The summed E-state index contributed by atoms with van der Waals surface area (Å²) in [5, 5.41) is 3.04. The van der Waals surface area contributed by atoms with Gasteiger partial charge in [-0.1, -0.05) is 6.58 Å². The number of hydrogen-bond acceptors (Lipinski definition) is 3. The van der Waals surface area contributed by atoms with Gasteiger partial charge in [0, 0.05) is 19.1 Å². The van der Waals surface area contributed by atoms with Gasteiger partial charge in [-0.25, -0.2) is 0 Å². The fourth-order valence-electron chi connectivity index (χ4n) is 1.39. The molecular formula is C10H19NO2. The molecule has 1 atom stereocenters. The Morgan fingerprint density at radius 3 is 3.15 bits per heavy atom. The fraction of sp³-hybridized carbons (Fsp3) is 0.800. The summed E-state index contributed by atoms with van der Waals surface area (Å²) in [6, 6.07) is 0. The van der Waals surface area contributed by atoms with Crippen LogP contribution in [0, 0.1) is 5.92 Å². The molecule has 0 aliphatic carbocycles. The molecule has 0 aromatic heterocycles. The Morgan fingerprint density at radius 1 is 1.69 bits per heavy atom. The second-order valence-electron chi connectivity index (χ2n) is 3.53. The molecule has 76 valence electrons. The van der Waals surface area contributed by atoms with Gasteiger partial charge in [0.1, 0.15) is 0 Å². The van der Waals surface area contributed by atoms with Gasteiger partial charge in [0.2, 0.25) is 0 Å². The van der Waals surface area contributed by atoms with Gasteiger partial charge in [0.15, 0.2) is 0 Å². The molecule has 13 heavy (non-hydrogen) atoms. The minimum absolute atomic E-state index is 0.599. The lowest BCUT2D eigenvalue weighted by atomic mass is 10.1. The number of ether oxygens (including phenoxy) is 2. The first kappa shape index (κ1) is 10.7. The quantitative estimate of drug-likeness (QED) is 0.621. The Labute approximate surface area is 80.1 Å². The highest BCUT2D eigenvalue weighted by Crippen LogP contribution is 2.12. The molecule has 1 saturated heterocycles. The Balaban J connectivity index is 1.96. The zero-order valence-electron chi connectivity index (χ0n) is 8.34. The van der Waals surface area contributed by atoms with Gasteiger partial charge in [-0.3, -0.25) is 0 Å². The third kappa shape index (κ3) is 4.41. The van der Waals surface area contributed by atoms with Crippen LogP contribution >= 0.6 is 0 Å². The van der Waals surface area contributed by atoms with Crippen molar-refractivity contribution in [1.82, 2.24) is 5.32 Å². The van der Waals surface area contributed by atoms with Gasteiger partial charge in [-0.05, 0) is 19.0 Å². The lowest BCUT2D eigenvalue weighted by Gasteiger charge is -2.09. The first-order valence-electron chi connectivity index (χ1n) is 4.79. The van der Waals surface area contributed by atoms with Crippen molar-refractivity contribution in [3.63, 3.8) is 0 Å². The third-order valence-corrected chi connectivity index (χ3v) is 2.11. The largest absolute Gasteiger partial charge is 0.381 e. The van der Waals surface area contributed by atoms with Gasteiger partial charge in [0.25, 0.3) is 0 Å². The molecule has 1 aliphatic rings. The Bertz CT molecular complexity index is 153. The van der Waals surface area contributed by atoms with Gasteiger partial charge in [-0.15, -0.1) is 0 Å². The molecule has 0 amide bonds. The smallest absolute Gasteiger partial charge is 0.0686 e. The van der Waals surface area contributed by atoms with Crippen LogP contribution in [-0.4, -0.2) is 40.0 Å². The van der Waals surface area contributed by atoms with Crippen molar-refractivity contribution in [2.24, 2.45) is 5.92 Å². The molecule has 0 bridgehead atoms.